The number of aromatic nitrogens is 2. The molecule has 1 aromatic carbocycles. The van der Waals surface area contributed by atoms with Crippen molar-refractivity contribution in [3.05, 3.63) is 36.2 Å². The van der Waals surface area contributed by atoms with Crippen molar-refractivity contribution in [2.24, 2.45) is 0 Å². The largest absolute Gasteiger partial charge is 0.478 e. The molecule has 0 aliphatic rings. The van der Waals surface area contributed by atoms with Gasteiger partial charge in [0.15, 0.2) is 0 Å². The summed E-state index contributed by atoms with van der Waals surface area (Å²) in [4.78, 5) is 10.8. The molecule has 21 heavy (non-hydrogen) atoms. The third-order valence-corrected chi connectivity index (χ3v) is 4.17. The third-order valence-electron chi connectivity index (χ3n) is 2.73. The van der Waals surface area contributed by atoms with E-state index in [1.807, 2.05) is 6.92 Å². The van der Waals surface area contributed by atoms with E-state index in [0.717, 1.165) is 12.1 Å². The number of aryl methyl sites for hydroxylation is 1. The van der Waals surface area contributed by atoms with Crippen LogP contribution in [0.1, 0.15) is 17.3 Å². The number of nitrogens with zero attached hydrogens (tertiary/aromatic N) is 2. The Hall–Kier alpha value is -2.55. The SMILES string of the molecule is CCn1cc(NS(=O)(=O)c2ccc(N)cc2C(=O)O)cn1. The molecular weight excluding hydrogens is 296 g/mol. The summed E-state index contributed by atoms with van der Waals surface area (Å²) in [5.41, 5.74) is 5.53. The molecule has 0 amide bonds. The number of sulfonamides is 1. The molecule has 9 heteroatoms. The molecule has 1 aromatic heterocycles. The number of anilines is 2. The van der Waals surface area contributed by atoms with Gasteiger partial charge in [-0.3, -0.25) is 9.40 Å². The van der Waals surface area contributed by atoms with E-state index in [1.165, 1.54) is 18.5 Å². The van der Waals surface area contributed by atoms with Crippen LogP contribution in [0.4, 0.5) is 11.4 Å². The van der Waals surface area contributed by atoms with E-state index in [1.54, 1.807) is 4.68 Å². The first-order valence-electron chi connectivity index (χ1n) is 6.01. The van der Waals surface area contributed by atoms with Crippen molar-refractivity contribution in [2.45, 2.75) is 18.4 Å². The molecule has 0 atom stereocenters. The van der Waals surface area contributed by atoms with E-state index < -0.39 is 16.0 Å². The molecule has 0 fully saturated rings. The number of nitrogens with one attached hydrogen (secondary N) is 1. The van der Waals surface area contributed by atoms with Gasteiger partial charge in [-0.2, -0.15) is 5.10 Å². The fourth-order valence-corrected chi connectivity index (χ4v) is 2.96. The molecule has 2 rings (SSSR count). The number of nitrogens with two attached hydrogens (primary N) is 1. The number of carboxylic acid groups (broad SMARTS) is 1. The lowest BCUT2D eigenvalue weighted by molar-refractivity contribution is 0.0692. The van der Waals surface area contributed by atoms with Gasteiger partial charge in [-0.25, -0.2) is 13.2 Å². The Bertz CT molecular complexity index is 782. The van der Waals surface area contributed by atoms with Gasteiger partial charge in [0.05, 0.1) is 17.4 Å². The van der Waals surface area contributed by atoms with E-state index in [-0.39, 0.29) is 21.8 Å². The summed E-state index contributed by atoms with van der Waals surface area (Å²) in [5.74, 6) is -1.37. The van der Waals surface area contributed by atoms with Crippen molar-refractivity contribution in [3.63, 3.8) is 0 Å². The van der Waals surface area contributed by atoms with Crippen LogP contribution in [-0.2, 0) is 16.6 Å². The first kappa shape index (κ1) is 14.9. The van der Waals surface area contributed by atoms with Crippen LogP contribution in [0.2, 0.25) is 0 Å². The minimum Gasteiger partial charge on any atom is -0.478 e. The first-order chi connectivity index (χ1) is 9.83. The number of rotatable bonds is 5. The van der Waals surface area contributed by atoms with E-state index in [2.05, 4.69) is 9.82 Å². The van der Waals surface area contributed by atoms with Crippen molar-refractivity contribution in [1.29, 1.82) is 0 Å². The molecule has 0 bridgehead atoms. The van der Waals surface area contributed by atoms with Gasteiger partial charge in [0, 0.05) is 18.4 Å². The number of benzene rings is 1. The van der Waals surface area contributed by atoms with Gasteiger partial charge in [-0.1, -0.05) is 0 Å². The molecule has 112 valence electrons. The van der Waals surface area contributed by atoms with Gasteiger partial charge >= 0.3 is 5.97 Å². The molecule has 4 N–H and O–H groups in total. The predicted molar refractivity (Wildman–Crippen MR) is 76.5 cm³/mol. The minimum atomic E-state index is -4.04. The molecule has 0 spiro atoms. The number of carbonyl (C=O) groups is 1. The van der Waals surface area contributed by atoms with Crippen molar-refractivity contribution in [1.82, 2.24) is 9.78 Å². The van der Waals surface area contributed by atoms with Crippen LogP contribution in [0.15, 0.2) is 35.5 Å². The van der Waals surface area contributed by atoms with E-state index >= 15 is 0 Å². The molecule has 8 nitrogen and oxygen atoms in total. The summed E-state index contributed by atoms with van der Waals surface area (Å²) in [5, 5.41) is 13.0. The van der Waals surface area contributed by atoms with Crippen molar-refractivity contribution in [3.8, 4) is 0 Å². The molecule has 0 saturated carbocycles. The summed E-state index contributed by atoms with van der Waals surface area (Å²) in [6.45, 7) is 2.44. The number of nitrogen functional groups attached to an aromatic ring is 1. The second-order valence-corrected chi connectivity index (χ2v) is 5.90. The Labute approximate surface area is 121 Å². The highest BCUT2D eigenvalue weighted by Crippen LogP contribution is 2.21. The summed E-state index contributed by atoms with van der Waals surface area (Å²) >= 11 is 0. The summed E-state index contributed by atoms with van der Waals surface area (Å²) in [6.07, 6.45) is 2.86. The van der Waals surface area contributed by atoms with Gasteiger partial charge in [0.2, 0.25) is 0 Å². The Morgan fingerprint density at radius 3 is 2.76 bits per heavy atom. The molecule has 0 aliphatic carbocycles. The second-order valence-electron chi connectivity index (χ2n) is 4.25. The fraction of sp³-hybridized carbons (Fsp3) is 0.167. The summed E-state index contributed by atoms with van der Waals surface area (Å²) in [7, 11) is -4.04. The highest BCUT2D eigenvalue weighted by molar-refractivity contribution is 7.92. The Morgan fingerprint density at radius 2 is 2.19 bits per heavy atom. The smallest absolute Gasteiger partial charge is 0.337 e. The molecule has 0 aliphatic heterocycles. The van der Waals surface area contributed by atoms with Gasteiger partial charge < -0.3 is 10.8 Å². The zero-order valence-corrected chi connectivity index (χ0v) is 12.0. The first-order valence-corrected chi connectivity index (χ1v) is 7.50. The molecule has 1 heterocycles. The maximum atomic E-state index is 12.3. The quantitative estimate of drug-likeness (QED) is 0.706. The number of hydrogen-bond acceptors (Lipinski definition) is 5. The van der Waals surface area contributed by atoms with Crippen LogP contribution in [0.5, 0.6) is 0 Å². The van der Waals surface area contributed by atoms with Crippen molar-refractivity contribution < 1.29 is 18.3 Å². The molecule has 2 aromatic rings. The average Bonchev–Trinajstić information content (AvgIpc) is 2.85. The number of hydrogen-bond donors (Lipinski definition) is 3. The Balaban J connectivity index is 2.42. The lowest BCUT2D eigenvalue weighted by Crippen LogP contribution is -2.17. The highest BCUT2D eigenvalue weighted by atomic mass is 32.2. The fourth-order valence-electron chi connectivity index (χ4n) is 1.75. The highest BCUT2D eigenvalue weighted by Gasteiger charge is 2.23. The Kier molecular flexibility index (Phi) is 3.85. The minimum absolute atomic E-state index is 0.171. The van der Waals surface area contributed by atoms with Crippen LogP contribution >= 0.6 is 0 Å². The van der Waals surface area contributed by atoms with Crippen LogP contribution in [-0.4, -0.2) is 29.3 Å². The predicted octanol–water partition coefficient (Wildman–Crippen LogP) is 0.984. The van der Waals surface area contributed by atoms with Crippen LogP contribution < -0.4 is 10.5 Å². The van der Waals surface area contributed by atoms with Crippen LogP contribution in [0, 0.1) is 0 Å². The second kappa shape index (κ2) is 5.44. The molecule has 0 unspecified atom stereocenters. The Morgan fingerprint density at radius 1 is 1.48 bits per heavy atom. The zero-order valence-electron chi connectivity index (χ0n) is 11.1. The topological polar surface area (TPSA) is 127 Å². The summed E-state index contributed by atoms with van der Waals surface area (Å²) < 4.78 is 28.4. The van der Waals surface area contributed by atoms with Crippen LogP contribution in [0.3, 0.4) is 0 Å². The lowest BCUT2D eigenvalue weighted by atomic mass is 10.2. The summed E-state index contributed by atoms with van der Waals surface area (Å²) in [6, 6.07) is 3.59. The maximum Gasteiger partial charge on any atom is 0.337 e. The van der Waals surface area contributed by atoms with E-state index in [0.29, 0.717) is 6.54 Å². The van der Waals surface area contributed by atoms with E-state index in [9.17, 15) is 13.2 Å². The van der Waals surface area contributed by atoms with Gasteiger partial charge in [-0.15, -0.1) is 0 Å². The van der Waals surface area contributed by atoms with Gasteiger partial charge in [0.25, 0.3) is 10.0 Å². The molecule has 0 radical (unpaired) electrons. The average molecular weight is 310 g/mol. The third kappa shape index (κ3) is 3.14. The van der Waals surface area contributed by atoms with Crippen molar-refractivity contribution in [2.75, 3.05) is 10.5 Å². The normalized spacial score (nSPS) is 11.3. The zero-order chi connectivity index (χ0) is 15.6. The number of aromatic carboxylic acids is 1. The van der Waals surface area contributed by atoms with E-state index in [4.69, 9.17) is 10.8 Å². The van der Waals surface area contributed by atoms with Gasteiger partial charge in [-0.05, 0) is 25.1 Å². The molecule has 0 saturated heterocycles. The lowest BCUT2D eigenvalue weighted by Gasteiger charge is -2.09. The number of carboxylic acids is 1. The standard InChI is InChI=1S/C12H14N4O4S/c1-2-16-7-9(6-14-16)15-21(19,20)11-4-3-8(13)5-10(11)12(17)18/h3-7,15H,2,13H2,1H3,(H,17,18). The molecular formula is C12H14N4O4S. The van der Waals surface area contributed by atoms with Gasteiger partial charge in [0.1, 0.15) is 4.90 Å². The monoisotopic (exact) mass is 310 g/mol. The maximum absolute atomic E-state index is 12.3. The van der Waals surface area contributed by atoms with Crippen LogP contribution in [0.25, 0.3) is 0 Å². The van der Waals surface area contributed by atoms with Crippen molar-refractivity contribution >= 4 is 27.4 Å².